The van der Waals surface area contributed by atoms with E-state index in [0.29, 0.717) is 5.56 Å². The molecule has 2 aromatic rings. The third kappa shape index (κ3) is 4.57. The Balaban J connectivity index is 2.38. The molecule has 6 heteroatoms. The van der Waals surface area contributed by atoms with Crippen LogP contribution in [-0.2, 0) is 0 Å². The third-order valence-electron chi connectivity index (χ3n) is 2.84. The molecule has 0 heterocycles. The van der Waals surface area contributed by atoms with Gasteiger partial charge in [-0.25, -0.2) is 13.2 Å². The number of alkyl halides is 3. The van der Waals surface area contributed by atoms with Crippen LogP contribution in [0, 0.1) is 48.1 Å². The zero-order valence-electron chi connectivity index (χ0n) is 12.2. The molecule has 0 amide bonds. The second-order valence-corrected chi connectivity index (χ2v) is 4.80. The predicted molar refractivity (Wildman–Crippen MR) is 76.4 cm³/mol. The molecule has 0 aliphatic rings. The summed E-state index contributed by atoms with van der Waals surface area (Å²) < 4.78 is 76.9. The minimum Gasteiger partial charge on any atom is -0.206 e. The molecule has 0 unspecified atom stereocenters. The molecule has 0 aliphatic carbocycles. The molecule has 2 rings (SSSR count). The SMILES string of the molecule is Cc1ccc(C#Cc2cc(F)c(C#CC(F)(F)F)c(F)c2)c(F)c1. The highest BCUT2D eigenvalue weighted by atomic mass is 19.4. The summed E-state index contributed by atoms with van der Waals surface area (Å²) in [5, 5.41) is 0. The van der Waals surface area contributed by atoms with Crippen LogP contribution >= 0.6 is 0 Å². The summed E-state index contributed by atoms with van der Waals surface area (Å²) >= 11 is 0. The monoisotopic (exact) mass is 338 g/mol. The van der Waals surface area contributed by atoms with Crippen LogP contribution in [0.5, 0.6) is 0 Å². The van der Waals surface area contributed by atoms with Gasteiger partial charge in [0.05, 0.1) is 11.1 Å². The van der Waals surface area contributed by atoms with Crippen molar-refractivity contribution in [3.8, 4) is 23.7 Å². The van der Waals surface area contributed by atoms with Gasteiger partial charge in [-0.2, -0.15) is 13.2 Å². The van der Waals surface area contributed by atoms with Crippen molar-refractivity contribution in [2.24, 2.45) is 0 Å². The van der Waals surface area contributed by atoms with Gasteiger partial charge in [0.15, 0.2) is 0 Å². The zero-order chi connectivity index (χ0) is 17.9. The van der Waals surface area contributed by atoms with E-state index in [4.69, 9.17) is 0 Å². The van der Waals surface area contributed by atoms with Crippen molar-refractivity contribution in [2.75, 3.05) is 0 Å². The first-order valence-corrected chi connectivity index (χ1v) is 6.53. The molecule has 0 aromatic heterocycles. The Morgan fingerprint density at radius 1 is 0.792 bits per heavy atom. The molecule has 0 fully saturated rings. The zero-order valence-corrected chi connectivity index (χ0v) is 12.2. The first-order chi connectivity index (χ1) is 11.2. The van der Waals surface area contributed by atoms with Crippen molar-refractivity contribution >= 4 is 0 Å². The average Bonchev–Trinajstić information content (AvgIpc) is 2.44. The van der Waals surface area contributed by atoms with Crippen molar-refractivity contribution in [3.05, 3.63) is 70.0 Å². The molecular formula is C18H8F6. The lowest BCUT2D eigenvalue weighted by Gasteiger charge is -2.00. The molecule has 0 saturated heterocycles. The Morgan fingerprint density at radius 3 is 1.96 bits per heavy atom. The van der Waals surface area contributed by atoms with Crippen LogP contribution in [0.2, 0.25) is 0 Å². The number of hydrogen-bond acceptors (Lipinski definition) is 0. The summed E-state index contributed by atoms with van der Waals surface area (Å²) in [4.78, 5) is 0. The molecule has 0 nitrogen and oxygen atoms in total. The fourth-order valence-corrected chi connectivity index (χ4v) is 1.76. The summed E-state index contributed by atoms with van der Waals surface area (Å²) in [7, 11) is 0. The van der Waals surface area contributed by atoms with Crippen molar-refractivity contribution in [2.45, 2.75) is 13.1 Å². The van der Waals surface area contributed by atoms with E-state index >= 15 is 0 Å². The molecule has 0 aliphatic heterocycles. The van der Waals surface area contributed by atoms with Gasteiger partial charge >= 0.3 is 6.18 Å². The lowest BCUT2D eigenvalue weighted by atomic mass is 10.1. The summed E-state index contributed by atoms with van der Waals surface area (Å²) in [6.07, 6.45) is -4.86. The van der Waals surface area contributed by atoms with E-state index in [9.17, 15) is 26.3 Å². The molecule has 122 valence electrons. The van der Waals surface area contributed by atoms with Gasteiger partial charge < -0.3 is 0 Å². The molecular weight excluding hydrogens is 330 g/mol. The van der Waals surface area contributed by atoms with Crippen LogP contribution in [0.1, 0.15) is 22.3 Å². The lowest BCUT2D eigenvalue weighted by Crippen LogP contribution is -2.02. The minimum atomic E-state index is -4.86. The number of hydrogen-bond donors (Lipinski definition) is 0. The molecule has 24 heavy (non-hydrogen) atoms. The molecule has 2 aromatic carbocycles. The van der Waals surface area contributed by atoms with Gasteiger partial charge in [-0.1, -0.05) is 23.8 Å². The standard InChI is InChI=1S/C18H8F6/c1-11-2-4-13(15(19)8-11)5-3-12-9-16(20)14(17(21)10-12)6-7-18(22,23)24/h2,4,8-10H,1H3. The second kappa shape index (κ2) is 6.72. The highest BCUT2D eigenvalue weighted by Crippen LogP contribution is 2.17. The van der Waals surface area contributed by atoms with Gasteiger partial charge in [0, 0.05) is 11.5 Å². The number of benzene rings is 2. The van der Waals surface area contributed by atoms with Gasteiger partial charge in [0.25, 0.3) is 0 Å². The van der Waals surface area contributed by atoms with E-state index < -0.39 is 29.2 Å². The molecule has 0 spiro atoms. The Bertz CT molecular complexity index is 878. The maximum atomic E-state index is 13.7. The lowest BCUT2D eigenvalue weighted by molar-refractivity contribution is -0.0696. The first kappa shape index (κ1) is 17.5. The Hall–Kier alpha value is -2.86. The van der Waals surface area contributed by atoms with Gasteiger partial charge in [-0.3, -0.25) is 0 Å². The van der Waals surface area contributed by atoms with E-state index in [1.54, 1.807) is 13.0 Å². The van der Waals surface area contributed by atoms with Crippen molar-refractivity contribution < 1.29 is 26.3 Å². The van der Waals surface area contributed by atoms with Gasteiger partial charge in [0.1, 0.15) is 17.5 Å². The van der Waals surface area contributed by atoms with Gasteiger partial charge in [-0.15, -0.1) is 0 Å². The van der Waals surface area contributed by atoms with Crippen LogP contribution in [0.25, 0.3) is 0 Å². The summed E-state index contributed by atoms with van der Waals surface area (Å²) in [5.74, 6) is 3.83. The highest BCUT2D eigenvalue weighted by molar-refractivity contribution is 5.48. The summed E-state index contributed by atoms with van der Waals surface area (Å²) in [5.41, 5.74) is -0.438. The summed E-state index contributed by atoms with van der Waals surface area (Å²) in [6, 6.07) is 5.75. The molecule has 0 bridgehead atoms. The normalized spacial score (nSPS) is 10.5. The predicted octanol–water partition coefficient (Wildman–Crippen LogP) is 4.73. The molecule has 0 radical (unpaired) electrons. The Morgan fingerprint density at radius 2 is 1.42 bits per heavy atom. The van der Waals surface area contributed by atoms with Crippen molar-refractivity contribution in [3.63, 3.8) is 0 Å². The van der Waals surface area contributed by atoms with Gasteiger partial charge in [-0.05, 0) is 36.8 Å². The Kier molecular flexibility index (Phi) is 4.90. The number of rotatable bonds is 0. The van der Waals surface area contributed by atoms with E-state index in [1.165, 1.54) is 18.1 Å². The van der Waals surface area contributed by atoms with Gasteiger partial charge in [0.2, 0.25) is 0 Å². The molecule has 0 saturated carbocycles. The fourth-order valence-electron chi connectivity index (χ4n) is 1.76. The Labute approximate surface area is 134 Å². The first-order valence-electron chi connectivity index (χ1n) is 6.53. The minimum absolute atomic E-state index is 0.0300. The van der Waals surface area contributed by atoms with E-state index in [1.807, 2.05) is 0 Å². The van der Waals surface area contributed by atoms with Crippen molar-refractivity contribution in [1.29, 1.82) is 0 Å². The maximum Gasteiger partial charge on any atom is 0.458 e. The molecule has 0 atom stereocenters. The van der Waals surface area contributed by atoms with Crippen LogP contribution in [0.15, 0.2) is 30.3 Å². The smallest absolute Gasteiger partial charge is 0.206 e. The fraction of sp³-hybridized carbons (Fsp3) is 0.111. The number of halogens is 6. The second-order valence-electron chi connectivity index (χ2n) is 4.80. The van der Waals surface area contributed by atoms with Crippen LogP contribution in [-0.4, -0.2) is 6.18 Å². The maximum absolute atomic E-state index is 13.7. The quantitative estimate of drug-likeness (QED) is 0.481. The van der Waals surface area contributed by atoms with Crippen LogP contribution < -0.4 is 0 Å². The third-order valence-corrected chi connectivity index (χ3v) is 2.84. The largest absolute Gasteiger partial charge is 0.458 e. The topological polar surface area (TPSA) is 0 Å². The average molecular weight is 338 g/mol. The van der Waals surface area contributed by atoms with Crippen molar-refractivity contribution in [1.82, 2.24) is 0 Å². The van der Waals surface area contributed by atoms with Crippen LogP contribution in [0.4, 0.5) is 26.3 Å². The van der Waals surface area contributed by atoms with Crippen LogP contribution in [0.3, 0.4) is 0 Å². The number of aryl methyl sites for hydroxylation is 1. The van der Waals surface area contributed by atoms with E-state index in [0.717, 1.165) is 18.1 Å². The van der Waals surface area contributed by atoms with E-state index in [2.05, 4.69) is 11.8 Å². The highest BCUT2D eigenvalue weighted by Gasteiger charge is 2.23. The van der Waals surface area contributed by atoms with E-state index in [-0.39, 0.29) is 11.1 Å². The molecule has 0 N–H and O–H groups in total. The summed E-state index contributed by atoms with van der Waals surface area (Å²) in [6.45, 7) is 1.69.